The number of nitrogen functional groups attached to an aromatic ring is 1. The maximum Gasteiger partial charge on any atom is 0.262 e. The molecule has 2 rings (SSSR count). The second-order valence-corrected chi connectivity index (χ2v) is 5.55. The van der Waals surface area contributed by atoms with Crippen molar-refractivity contribution in [2.75, 3.05) is 17.2 Å². The molecular weight excluding hydrogens is 367 g/mol. The fourth-order valence-corrected chi connectivity index (χ4v) is 2.45. The van der Waals surface area contributed by atoms with Crippen LogP contribution in [0.25, 0.3) is 0 Å². The molecule has 20 heavy (non-hydrogen) atoms. The minimum Gasteiger partial charge on any atom is -0.507 e. The molecule has 4 nitrogen and oxygen atoms in total. The summed E-state index contributed by atoms with van der Waals surface area (Å²) < 4.78 is 0.896. The number of amides is 1. The highest BCUT2D eigenvalue weighted by molar-refractivity contribution is 14.1. The Balaban J connectivity index is 2.41. The second-order valence-electron chi connectivity index (χ2n) is 4.31. The van der Waals surface area contributed by atoms with E-state index in [0.717, 1.165) is 9.26 Å². The van der Waals surface area contributed by atoms with Gasteiger partial charge in [0.15, 0.2) is 0 Å². The Morgan fingerprint density at radius 3 is 2.70 bits per heavy atom. The maximum atomic E-state index is 12.6. The summed E-state index contributed by atoms with van der Waals surface area (Å²) in [6.45, 7) is 2.37. The number of halogens is 1. The molecule has 0 atom stereocenters. The van der Waals surface area contributed by atoms with Crippen LogP contribution in [-0.4, -0.2) is 17.6 Å². The van der Waals surface area contributed by atoms with Crippen molar-refractivity contribution in [2.45, 2.75) is 6.92 Å². The number of anilines is 2. The number of benzene rings is 2. The Morgan fingerprint density at radius 1 is 1.30 bits per heavy atom. The van der Waals surface area contributed by atoms with Crippen LogP contribution in [-0.2, 0) is 0 Å². The maximum absolute atomic E-state index is 12.6. The topological polar surface area (TPSA) is 66.6 Å². The van der Waals surface area contributed by atoms with Gasteiger partial charge in [0.2, 0.25) is 0 Å². The Hall–Kier alpha value is -1.76. The van der Waals surface area contributed by atoms with Crippen LogP contribution in [0.15, 0.2) is 42.5 Å². The highest BCUT2D eigenvalue weighted by atomic mass is 127. The third-order valence-electron chi connectivity index (χ3n) is 2.93. The van der Waals surface area contributed by atoms with Gasteiger partial charge in [-0.05, 0) is 65.9 Å². The number of nitrogens with two attached hydrogens (primary N) is 1. The lowest BCUT2D eigenvalue weighted by Gasteiger charge is -2.22. The first-order valence-electron chi connectivity index (χ1n) is 6.19. The SMILES string of the molecule is CCN(C(=O)c1cc(I)ccc1O)c1cccc(N)c1. The molecule has 2 aromatic carbocycles. The summed E-state index contributed by atoms with van der Waals surface area (Å²) in [7, 11) is 0. The van der Waals surface area contributed by atoms with Gasteiger partial charge >= 0.3 is 0 Å². The quantitative estimate of drug-likeness (QED) is 0.633. The van der Waals surface area contributed by atoms with E-state index in [1.54, 1.807) is 35.2 Å². The van der Waals surface area contributed by atoms with Crippen molar-refractivity contribution in [3.05, 3.63) is 51.6 Å². The largest absolute Gasteiger partial charge is 0.507 e. The molecule has 0 aliphatic carbocycles. The van der Waals surface area contributed by atoms with E-state index in [1.807, 2.05) is 13.0 Å². The molecule has 0 unspecified atom stereocenters. The first-order valence-corrected chi connectivity index (χ1v) is 7.26. The number of nitrogens with zero attached hydrogens (tertiary/aromatic N) is 1. The van der Waals surface area contributed by atoms with Gasteiger partial charge in [-0.25, -0.2) is 0 Å². The monoisotopic (exact) mass is 382 g/mol. The molecule has 104 valence electrons. The number of phenols is 1. The smallest absolute Gasteiger partial charge is 0.262 e. The van der Waals surface area contributed by atoms with E-state index in [4.69, 9.17) is 5.73 Å². The van der Waals surface area contributed by atoms with Crippen molar-refractivity contribution in [2.24, 2.45) is 0 Å². The Kier molecular flexibility index (Phi) is 4.49. The Morgan fingerprint density at radius 2 is 2.05 bits per heavy atom. The van der Waals surface area contributed by atoms with Gasteiger partial charge in [-0.3, -0.25) is 4.79 Å². The van der Waals surface area contributed by atoms with Crippen LogP contribution in [0, 0.1) is 3.57 Å². The first-order chi connectivity index (χ1) is 9.52. The average Bonchev–Trinajstić information content (AvgIpc) is 2.42. The molecule has 0 saturated carbocycles. The summed E-state index contributed by atoms with van der Waals surface area (Å²) in [4.78, 5) is 14.2. The van der Waals surface area contributed by atoms with Crippen molar-refractivity contribution in [3.63, 3.8) is 0 Å². The lowest BCUT2D eigenvalue weighted by molar-refractivity contribution is 0.0985. The van der Waals surface area contributed by atoms with Gasteiger partial charge < -0.3 is 15.7 Å². The molecule has 0 fully saturated rings. The van der Waals surface area contributed by atoms with Crippen LogP contribution in [0.4, 0.5) is 11.4 Å². The molecule has 1 amide bonds. The number of carbonyl (C=O) groups excluding carboxylic acids is 1. The van der Waals surface area contributed by atoms with Crippen LogP contribution in [0.5, 0.6) is 5.75 Å². The molecule has 0 radical (unpaired) electrons. The van der Waals surface area contributed by atoms with Crippen molar-refractivity contribution in [3.8, 4) is 5.75 Å². The van der Waals surface area contributed by atoms with Gasteiger partial charge in [0.25, 0.3) is 5.91 Å². The molecular formula is C15H15IN2O2. The van der Waals surface area contributed by atoms with Gasteiger partial charge in [0, 0.05) is 21.5 Å². The Labute approximate surface area is 131 Å². The zero-order chi connectivity index (χ0) is 14.7. The van der Waals surface area contributed by atoms with Gasteiger partial charge in [0.05, 0.1) is 5.56 Å². The number of hydrogen-bond donors (Lipinski definition) is 2. The zero-order valence-corrected chi connectivity index (χ0v) is 13.2. The zero-order valence-electron chi connectivity index (χ0n) is 11.0. The predicted molar refractivity (Wildman–Crippen MR) is 89.0 cm³/mol. The van der Waals surface area contributed by atoms with E-state index in [-0.39, 0.29) is 11.7 Å². The molecule has 0 saturated heterocycles. The highest BCUT2D eigenvalue weighted by Gasteiger charge is 2.19. The van der Waals surface area contributed by atoms with E-state index in [1.165, 1.54) is 6.07 Å². The summed E-state index contributed by atoms with van der Waals surface area (Å²) in [5.41, 5.74) is 7.36. The lowest BCUT2D eigenvalue weighted by Crippen LogP contribution is -2.30. The summed E-state index contributed by atoms with van der Waals surface area (Å²) in [5.74, 6) is -0.258. The fourth-order valence-electron chi connectivity index (χ4n) is 1.96. The van der Waals surface area contributed by atoms with Gasteiger partial charge in [-0.15, -0.1) is 0 Å². The van der Waals surface area contributed by atoms with Crippen molar-refractivity contribution in [1.82, 2.24) is 0 Å². The van der Waals surface area contributed by atoms with E-state index in [2.05, 4.69) is 22.6 Å². The molecule has 0 heterocycles. The van der Waals surface area contributed by atoms with Crippen LogP contribution < -0.4 is 10.6 Å². The Bertz CT molecular complexity index is 644. The number of phenolic OH excluding ortho intramolecular Hbond substituents is 1. The molecule has 0 spiro atoms. The second kappa shape index (κ2) is 6.13. The number of rotatable bonds is 3. The first kappa shape index (κ1) is 14.6. The lowest BCUT2D eigenvalue weighted by atomic mass is 10.1. The van der Waals surface area contributed by atoms with Crippen LogP contribution in [0.3, 0.4) is 0 Å². The van der Waals surface area contributed by atoms with Gasteiger partial charge in [0.1, 0.15) is 5.75 Å². The third kappa shape index (κ3) is 3.04. The molecule has 0 aliphatic heterocycles. The predicted octanol–water partition coefficient (Wildman–Crippen LogP) is 3.25. The van der Waals surface area contributed by atoms with Crippen LogP contribution >= 0.6 is 22.6 Å². The fraction of sp³-hybridized carbons (Fsp3) is 0.133. The minimum atomic E-state index is -0.242. The molecule has 5 heteroatoms. The summed E-state index contributed by atoms with van der Waals surface area (Å²) in [6, 6.07) is 12.1. The van der Waals surface area contributed by atoms with E-state index in [9.17, 15) is 9.90 Å². The van der Waals surface area contributed by atoms with Crippen molar-refractivity contribution < 1.29 is 9.90 Å². The van der Waals surface area contributed by atoms with Crippen molar-refractivity contribution >= 4 is 39.9 Å². The molecule has 0 aliphatic rings. The van der Waals surface area contributed by atoms with E-state index in [0.29, 0.717) is 17.8 Å². The van der Waals surface area contributed by atoms with Gasteiger partial charge in [-0.1, -0.05) is 6.07 Å². The molecule has 0 aromatic heterocycles. The third-order valence-corrected chi connectivity index (χ3v) is 3.60. The summed E-state index contributed by atoms with van der Waals surface area (Å²) in [6.07, 6.45) is 0. The minimum absolute atomic E-state index is 0.0160. The van der Waals surface area contributed by atoms with Crippen LogP contribution in [0.2, 0.25) is 0 Å². The highest BCUT2D eigenvalue weighted by Crippen LogP contribution is 2.25. The molecule has 3 N–H and O–H groups in total. The molecule has 2 aromatic rings. The summed E-state index contributed by atoms with van der Waals surface area (Å²) in [5, 5.41) is 9.88. The normalized spacial score (nSPS) is 10.3. The summed E-state index contributed by atoms with van der Waals surface area (Å²) >= 11 is 2.11. The van der Waals surface area contributed by atoms with Gasteiger partial charge in [-0.2, -0.15) is 0 Å². The molecule has 0 bridgehead atoms. The number of carbonyl (C=O) groups is 1. The number of hydrogen-bond acceptors (Lipinski definition) is 3. The standard InChI is InChI=1S/C15H15IN2O2/c1-2-18(12-5-3-4-11(17)9-12)15(20)13-8-10(16)6-7-14(13)19/h3-9,19H,2,17H2,1H3. The van der Waals surface area contributed by atoms with E-state index < -0.39 is 0 Å². The van der Waals surface area contributed by atoms with E-state index >= 15 is 0 Å². The van der Waals surface area contributed by atoms with Crippen LogP contribution in [0.1, 0.15) is 17.3 Å². The van der Waals surface area contributed by atoms with Crippen molar-refractivity contribution in [1.29, 1.82) is 0 Å². The average molecular weight is 382 g/mol. The number of aromatic hydroxyl groups is 1.